The number of hydrogen-bond acceptors (Lipinski definition) is 9. The van der Waals surface area contributed by atoms with Gasteiger partial charge in [-0.3, -0.25) is 14.2 Å². The maximum atomic E-state index is 13.2. The lowest BCUT2D eigenvalue weighted by Crippen LogP contribution is -2.28. The smallest absolute Gasteiger partial charge is 0.251 e. The summed E-state index contributed by atoms with van der Waals surface area (Å²) in [6.45, 7) is 0.924. The number of amides is 2. The standard InChI is InChI=1S/C30H31FN6O6S2/c1-42-23-11-14-26(43-2)25(17-23)37-27(34-35-30(37)44-19-28(38)33-22-9-7-21(31)8-10-22)18-32-29(39)20-5-12-24(13-6-20)45(40,41)36-15-3-4-16-36/h5-14,17H,3-4,15-16,18-19H2,1-2H3,(H,32,39)(H,33,38). The van der Waals surface area contributed by atoms with Crippen LogP contribution < -0.4 is 20.1 Å². The Balaban J connectivity index is 1.34. The van der Waals surface area contributed by atoms with Gasteiger partial charge in [-0.05, 0) is 73.5 Å². The molecule has 1 saturated heterocycles. The van der Waals surface area contributed by atoms with Gasteiger partial charge in [-0.1, -0.05) is 11.8 Å². The molecule has 15 heteroatoms. The lowest BCUT2D eigenvalue weighted by Gasteiger charge is -2.16. The Morgan fingerprint density at radius 1 is 0.956 bits per heavy atom. The highest BCUT2D eigenvalue weighted by Gasteiger charge is 2.27. The van der Waals surface area contributed by atoms with Crippen LogP contribution in [0.3, 0.4) is 0 Å². The minimum atomic E-state index is -3.60. The van der Waals surface area contributed by atoms with Crippen molar-refractivity contribution in [1.82, 2.24) is 24.4 Å². The number of anilines is 1. The maximum absolute atomic E-state index is 13.2. The van der Waals surface area contributed by atoms with Crippen molar-refractivity contribution in [3.8, 4) is 17.2 Å². The van der Waals surface area contributed by atoms with Crippen LogP contribution in [-0.2, 0) is 21.4 Å². The first-order valence-corrected chi connectivity index (χ1v) is 16.4. The van der Waals surface area contributed by atoms with Crippen molar-refractivity contribution in [2.75, 3.05) is 38.4 Å². The summed E-state index contributed by atoms with van der Waals surface area (Å²) in [5.74, 6) is 0.0957. The number of ether oxygens (including phenoxy) is 2. The van der Waals surface area contributed by atoms with E-state index < -0.39 is 21.7 Å². The van der Waals surface area contributed by atoms with Crippen molar-refractivity contribution < 1.29 is 31.9 Å². The second-order valence-corrected chi connectivity index (χ2v) is 12.8. The van der Waals surface area contributed by atoms with Crippen LogP contribution in [0.15, 0.2) is 76.8 Å². The number of carbonyl (C=O) groups is 2. The molecule has 45 heavy (non-hydrogen) atoms. The third-order valence-electron chi connectivity index (χ3n) is 7.01. The van der Waals surface area contributed by atoms with Crippen molar-refractivity contribution in [3.63, 3.8) is 0 Å². The number of nitrogens with one attached hydrogen (secondary N) is 2. The third kappa shape index (κ3) is 7.44. The first kappa shape index (κ1) is 31.9. The predicted octanol–water partition coefficient (Wildman–Crippen LogP) is 3.87. The van der Waals surface area contributed by atoms with Gasteiger partial charge in [0.25, 0.3) is 5.91 Å². The summed E-state index contributed by atoms with van der Waals surface area (Å²) in [5, 5.41) is 14.4. The number of nitrogens with zero attached hydrogens (tertiary/aromatic N) is 4. The van der Waals surface area contributed by atoms with E-state index in [1.54, 1.807) is 22.8 Å². The second kappa shape index (κ2) is 14.1. The number of hydrogen-bond donors (Lipinski definition) is 2. The zero-order chi connectivity index (χ0) is 32.0. The maximum Gasteiger partial charge on any atom is 0.251 e. The molecule has 1 aliphatic heterocycles. The van der Waals surface area contributed by atoms with Gasteiger partial charge in [-0.15, -0.1) is 10.2 Å². The lowest BCUT2D eigenvalue weighted by molar-refractivity contribution is -0.113. The minimum absolute atomic E-state index is 0.0408. The highest BCUT2D eigenvalue weighted by Crippen LogP contribution is 2.32. The van der Waals surface area contributed by atoms with Gasteiger partial charge in [0.15, 0.2) is 11.0 Å². The van der Waals surface area contributed by atoms with Gasteiger partial charge in [0.2, 0.25) is 15.9 Å². The van der Waals surface area contributed by atoms with E-state index >= 15 is 0 Å². The van der Waals surface area contributed by atoms with E-state index in [0.717, 1.165) is 24.6 Å². The molecule has 236 valence electrons. The van der Waals surface area contributed by atoms with Gasteiger partial charge in [-0.25, -0.2) is 12.8 Å². The molecule has 4 aromatic rings. The fourth-order valence-corrected chi connectivity index (χ4v) is 6.98. The summed E-state index contributed by atoms with van der Waals surface area (Å²) in [6.07, 6.45) is 1.66. The average Bonchev–Trinajstić information content (AvgIpc) is 3.75. The summed E-state index contributed by atoms with van der Waals surface area (Å²) in [5.41, 5.74) is 1.24. The second-order valence-electron chi connectivity index (χ2n) is 9.93. The molecule has 2 amide bonds. The Bertz CT molecular complexity index is 1780. The summed E-state index contributed by atoms with van der Waals surface area (Å²) in [7, 11) is -0.570. The van der Waals surface area contributed by atoms with Gasteiger partial charge >= 0.3 is 0 Å². The average molecular weight is 655 g/mol. The van der Waals surface area contributed by atoms with Crippen LogP contribution >= 0.6 is 11.8 Å². The van der Waals surface area contributed by atoms with Crippen LogP contribution in [0.25, 0.3) is 5.69 Å². The van der Waals surface area contributed by atoms with Crippen molar-refractivity contribution in [2.45, 2.75) is 29.4 Å². The zero-order valence-electron chi connectivity index (χ0n) is 24.5. The van der Waals surface area contributed by atoms with Crippen molar-refractivity contribution in [3.05, 3.63) is 83.9 Å². The Kier molecular flexibility index (Phi) is 10.0. The topological polar surface area (TPSA) is 145 Å². The molecule has 5 rings (SSSR count). The molecule has 2 N–H and O–H groups in total. The number of methoxy groups -OCH3 is 2. The van der Waals surface area contributed by atoms with Gasteiger partial charge < -0.3 is 20.1 Å². The molecule has 2 heterocycles. The van der Waals surface area contributed by atoms with Crippen molar-refractivity contribution in [2.24, 2.45) is 0 Å². The monoisotopic (exact) mass is 654 g/mol. The van der Waals surface area contributed by atoms with E-state index in [4.69, 9.17) is 9.47 Å². The summed E-state index contributed by atoms with van der Waals surface area (Å²) < 4.78 is 53.0. The summed E-state index contributed by atoms with van der Waals surface area (Å²) in [6, 6.07) is 16.4. The molecule has 1 fully saturated rings. The molecule has 1 aromatic heterocycles. The molecule has 1 aliphatic rings. The van der Waals surface area contributed by atoms with Crippen LogP contribution in [0.2, 0.25) is 0 Å². The number of sulfonamides is 1. The molecule has 0 aliphatic carbocycles. The molecule has 0 radical (unpaired) electrons. The number of rotatable bonds is 12. The first-order chi connectivity index (χ1) is 21.7. The largest absolute Gasteiger partial charge is 0.497 e. The van der Waals surface area contributed by atoms with Crippen LogP contribution in [0.4, 0.5) is 10.1 Å². The van der Waals surface area contributed by atoms with Crippen LogP contribution in [0, 0.1) is 5.82 Å². The number of aromatic nitrogens is 3. The fraction of sp³-hybridized carbons (Fsp3) is 0.267. The SMILES string of the molecule is COc1ccc(OC)c(-n2c(CNC(=O)c3ccc(S(=O)(=O)N4CCCC4)cc3)nnc2SCC(=O)Nc2ccc(F)cc2)c1. The molecule has 0 unspecified atom stereocenters. The summed E-state index contributed by atoms with van der Waals surface area (Å²) >= 11 is 1.10. The fourth-order valence-electron chi connectivity index (χ4n) is 4.70. The molecule has 0 atom stereocenters. The Hall–Kier alpha value is -4.47. The molecular weight excluding hydrogens is 623 g/mol. The number of benzene rings is 3. The Morgan fingerprint density at radius 2 is 1.67 bits per heavy atom. The van der Waals surface area contributed by atoms with E-state index in [-0.39, 0.29) is 28.7 Å². The molecule has 3 aromatic carbocycles. The van der Waals surface area contributed by atoms with Crippen LogP contribution in [0.1, 0.15) is 29.0 Å². The van der Waals surface area contributed by atoms with E-state index in [9.17, 15) is 22.4 Å². The number of halogens is 1. The molecule has 0 spiro atoms. The quantitative estimate of drug-likeness (QED) is 0.218. The molecule has 0 bridgehead atoms. The van der Waals surface area contributed by atoms with Crippen LogP contribution in [-0.4, -0.2) is 72.4 Å². The Labute approximate surface area is 264 Å². The number of carbonyl (C=O) groups excluding carboxylic acids is 2. The first-order valence-electron chi connectivity index (χ1n) is 13.9. The summed E-state index contributed by atoms with van der Waals surface area (Å²) in [4.78, 5) is 25.9. The van der Waals surface area contributed by atoms with Gasteiger partial charge in [-0.2, -0.15) is 4.31 Å². The highest BCUT2D eigenvalue weighted by molar-refractivity contribution is 7.99. The van der Waals surface area contributed by atoms with Gasteiger partial charge in [0.1, 0.15) is 17.3 Å². The van der Waals surface area contributed by atoms with E-state index in [1.807, 2.05) is 0 Å². The molecule has 0 saturated carbocycles. The number of thioether (sulfide) groups is 1. The normalized spacial score (nSPS) is 13.4. The zero-order valence-corrected chi connectivity index (χ0v) is 26.2. The minimum Gasteiger partial charge on any atom is -0.497 e. The molecule has 12 nitrogen and oxygen atoms in total. The lowest BCUT2D eigenvalue weighted by atomic mass is 10.2. The van der Waals surface area contributed by atoms with E-state index in [0.29, 0.717) is 46.9 Å². The van der Waals surface area contributed by atoms with Crippen molar-refractivity contribution in [1.29, 1.82) is 0 Å². The predicted molar refractivity (Wildman–Crippen MR) is 166 cm³/mol. The van der Waals surface area contributed by atoms with E-state index in [2.05, 4.69) is 20.8 Å². The highest BCUT2D eigenvalue weighted by atomic mass is 32.2. The van der Waals surface area contributed by atoms with Crippen molar-refractivity contribution >= 4 is 39.3 Å². The third-order valence-corrected chi connectivity index (χ3v) is 9.86. The molecular formula is C30H31FN6O6S2. The van der Waals surface area contributed by atoms with Gasteiger partial charge in [0.05, 0.1) is 37.1 Å². The van der Waals surface area contributed by atoms with E-state index in [1.165, 1.54) is 67.1 Å². The Morgan fingerprint density at radius 3 is 2.33 bits per heavy atom. The van der Waals surface area contributed by atoms with Crippen LogP contribution in [0.5, 0.6) is 11.5 Å². The van der Waals surface area contributed by atoms with Gasteiger partial charge in [0, 0.05) is 30.4 Å².